The molecule has 6 nitrogen and oxygen atoms in total. The zero-order chi connectivity index (χ0) is 20.3. The average molecular weight is 398 g/mol. The van der Waals surface area contributed by atoms with Crippen molar-refractivity contribution in [1.29, 1.82) is 0 Å². The van der Waals surface area contributed by atoms with Crippen molar-refractivity contribution in [2.24, 2.45) is 7.05 Å². The topological polar surface area (TPSA) is 70.3 Å². The molecule has 0 fully saturated rings. The number of Topliss-reactive ketones (excluding diaryl/α,β-unsaturated/α-hetero) is 1. The first-order valence-corrected chi connectivity index (χ1v) is 9.81. The maximum absolute atomic E-state index is 12.6. The minimum absolute atomic E-state index is 0.136. The lowest BCUT2D eigenvalue weighted by Crippen LogP contribution is -2.19. The number of thiophene rings is 1. The summed E-state index contributed by atoms with van der Waals surface area (Å²) in [5, 5.41) is 2.05. The fourth-order valence-corrected chi connectivity index (χ4v) is 3.77. The van der Waals surface area contributed by atoms with E-state index < -0.39 is 5.97 Å². The van der Waals surface area contributed by atoms with E-state index in [1.807, 2.05) is 26.0 Å². The fourth-order valence-electron chi connectivity index (χ4n) is 3.07. The lowest BCUT2D eigenvalue weighted by Gasteiger charge is -2.09. The second-order valence-electron chi connectivity index (χ2n) is 6.63. The first kappa shape index (κ1) is 19.8. The molecule has 0 saturated heterocycles. The molecule has 0 aliphatic carbocycles. The number of nitrogens with zero attached hydrogens (tertiary/aromatic N) is 2. The average Bonchev–Trinajstić information content (AvgIpc) is 3.28. The summed E-state index contributed by atoms with van der Waals surface area (Å²) < 4.78 is 8.58. The molecule has 3 aromatic heterocycles. The van der Waals surface area contributed by atoms with Gasteiger partial charge in [0, 0.05) is 47.7 Å². The maximum atomic E-state index is 12.6. The number of ketones is 1. The number of ether oxygens (including phenoxy) is 1. The zero-order valence-corrected chi connectivity index (χ0v) is 16.9. The molecular formula is C21H22N2O4S. The molecule has 0 bridgehead atoms. The molecule has 3 heterocycles. The van der Waals surface area contributed by atoms with Crippen molar-refractivity contribution < 1.29 is 14.3 Å². The van der Waals surface area contributed by atoms with Crippen LogP contribution in [0.1, 0.15) is 37.0 Å². The van der Waals surface area contributed by atoms with E-state index in [0.717, 1.165) is 24.4 Å². The van der Waals surface area contributed by atoms with Crippen LogP contribution in [-0.2, 0) is 24.8 Å². The highest BCUT2D eigenvalue weighted by Crippen LogP contribution is 2.18. The number of aryl methyl sites for hydroxylation is 3. The normalized spacial score (nSPS) is 10.8. The summed E-state index contributed by atoms with van der Waals surface area (Å²) in [6.07, 6.45) is 2.39. The Morgan fingerprint density at radius 2 is 1.96 bits per heavy atom. The molecule has 3 rings (SSSR count). The number of hydrogen-bond donors (Lipinski definition) is 0. The first-order valence-electron chi connectivity index (χ1n) is 8.93. The van der Waals surface area contributed by atoms with Crippen LogP contribution in [0.25, 0.3) is 0 Å². The van der Waals surface area contributed by atoms with E-state index in [1.54, 1.807) is 18.4 Å². The number of carbonyl (C=O) groups is 2. The van der Waals surface area contributed by atoms with Gasteiger partial charge in [-0.2, -0.15) is 0 Å². The Balaban J connectivity index is 1.65. The summed E-state index contributed by atoms with van der Waals surface area (Å²) in [5.41, 5.74) is 2.24. The van der Waals surface area contributed by atoms with Gasteiger partial charge in [0.2, 0.25) is 5.78 Å². The van der Waals surface area contributed by atoms with Crippen LogP contribution in [-0.4, -0.2) is 27.5 Å². The van der Waals surface area contributed by atoms with E-state index >= 15 is 0 Å². The lowest BCUT2D eigenvalue weighted by molar-refractivity contribution is 0.0474. The van der Waals surface area contributed by atoms with Crippen molar-refractivity contribution in [3.63, 3.8) is 0 Å². The number of carbonyl (C=O) groups excluding carboxylic acids is 2. The molecule has 0 radical (unpaired) electrons. The highest BCUT2D eigenvalue weighted by atomic mass is 32.1. The van der Waals surface area contributed by atoms with Gasteiger partial charge in [0.25, 0.3) is 5.56 Å². The molecule has 0 atom stereocenters. The van der Waals surface area contributed by atoms with Crippen LogP contribution in [0.2, 0.25) is 0 Å². The highest BCUT2D eigenvalue weighted by molar-refractivity contribution is 7.09. The van der Waals surface area contributed by atoms with Crippen LogP contribution >= 0.6 is 11.3 Å². The molecule has 3 aromatic rings. The van der Waals surface area contributed by atoms with Gasteiger partial charge in [-0.25, -0.2) is 4.79 Å². The zero-order valence-electron chi connectivity index (χ0n) is 16.1. The van der Waals surface area contributed by atoms with E-state index in [0.29, 0.717) is 5.56 Å². The number of aromatic nitrogens is 2. The summed E-state index contributed by atoms with van der Waals surface area (Å²) in [4.78, 5) is 37.6. The Bertz CT molecular complexity index is 1060. The van der Waals surface area contributed by atoms with Crippen molar-refractivity contribution in [3.8, 4) is 0 Å². The molecule has 0 amide bonds. The highest BCUT2D eigenvalue weighted by Gasteiger charge is 2.18. The molecule has 0 spiro atoms. The second-order valence-corrected chi connectivity index (χ2v) is 7.66. The number of rotatable bonds is 7. The SMILES string of the molecule is Cc1cc(C(=O)COC(=O)c2ccn(C)c(=O)c2)c(C)n1CCc1cccs1. The molecule has 0 saturated carbocycles. The van der Waals surface area contributed by atoms with Crippen LogP contribution in [0.5, 0.6) is 0 Å². The van der Waals surface area contributed by atoms with E-state index in [1.165, 1.54) is 27.8 Å². The van der Waals surface area contributed by atoms with Crippen LogP contribution in [0.4, 0.5) is 0 Å². The number of pyridine rings is 1. The van der Waals surface area contributed by atoms with Gasteiger partial charge in [-0.15, -0.1) is 11.3 Å². The molecule has 0 aromatic carbocycles. The van der Waals surface area contributed by atoms with Gasteiger partial charge in [-0.3, -0.25) is 9.59 Å². The Kier molecular flexibility index (Phi) is 5.94. The van der Waals surface area contributed by atoms with E-state index in [-0.39, 0.29) is 23.5 Å². The third kappa shape index (κ3) is 4.31. The molecule has 0 N–H and O–H groups in total. The third-order valence-electron chi connectivity index (χ3n) is 4.71. The molecular weight excluding hydrogens is 376 g/mol. The Morgan fingerprint density at radius 1 is 1.18 bits per heavy atom. The van der Waals surface area contributed by atoms with Crippen molar-refractivity contribution in [2.45, 2.75) is 26.8 Å². The fraction of sp³-hybridized carbons (Fsp3) is 0.286. The van der Waals surface area contributed by atoms with Gasteiger partial charge in [0.1, 0.15) is 0 Å². The summed E-state index contributed by atoms with van der Waals surface area (Å²) in [6, 6.07) is 8.65. The molecule has 146 valence electrons. The largest absolute Gasteiger partial charge is 0.454 e. The van der Waals surface area contributed by atoms with Crippen LogP contribution in [0.3, 0.4) is 0 Å². The minimum atomic E-state index is -0.683. The van der Waals surface area contributed by atoms with Gasteiger partial charge in [-0.05, 0) is 43.8 Å². The molecule has 28 heavy (non-hydrogen) atoms. The standard InChI is InChI=1S/C21H22N2O4S/c1-14-11-18(15(2)23(14)9-7-17-5-4-10-28-17)19(24)13-27-21(26)16-6-8-22(3)20(25)12-16/h4-6,8,10-12H,7,9,13H2,1-3H3. The predicted octanol–water partition coefficient (Wildman–Crippen LogP) is 3.15. The first-order chi connectivity index (χ1) is 13.4. The summed E-state index contributed by atoms with van der Waals surface area (Å²) in [6.45, 7) is 4.29. The smallest absolute Gasteiger partial charge is 0.338 e. The predicted molar refractivity (Wildman–Crippen MR) is 108 cm³/mol. The van der Waals surface area contributed by atoms with Crippen LogP contribution in [0, 0.1) is 13.8 Å². The minimum Gasteiger partial charge on any atom is -0.454 e. The van der Waals surface area contributed by atoms with E-state index in [9.17, 15) is 14.4 Å². The van der Waals surface area contributed by atoms with Gasteiger partial charge in [0.05, 0.1) is 5.56 Å². The van der Waals surface area contributed by atoms with Gasteiger partial charge in [0.15, 0.2) is 6.61 Å². The summed E-state index contributed by atoms with van der Waals surface area (Å²) >= 11 is 1.72. The summed E-state index contributed by atoms with van der Waals surface area (Å²) in [5.74, 6) is -0.940. The van der Waals surface area contributed by atoms with Crippen molar-refractivity contribution in [1.82, 2.24) is 9.13 Å². The molecule has 0 aliphatic heterocycles. The molecule has 0 unspecified atom stereocenters. The Hall–Kier alpha value is -2.93. The lowest BCUT2D eigenvalue weighted by atomic mass is 10.1. The summed E-state index contributed by atoms with van der Waals surface area (Å²) in [7, 11) is 1.59. The maximum Gasteiger partial charge on any atom is 0.338 e. The van der Waals surface area contributed by atoms with Gasteiger partial charge >= 0.3 is 5.97 Å². The van der Waals surface area contributed by atoms with E-state index in [4.69, 9.17) is 4.74 Å². The molecule has 0 aliphatic rings. The van der Waals surface area contributed by atoms with Crippen LogP contribution < -0.4 is 5.56 Å². The van der Waals surface area contributed by atoms with Crippen molar-refractivity contribution in [3.05, 3.63) is 79.7 Å². The monoisotopic (exact) mass is 398 g/mol. The Labute approximate surface area is 167 Å². The number of esters is 1. The van der Waals surface area contributed by atoms with Gasteiger partial charge in [-0.1, -0.05) is 6.07 Å². The van der Waals surface area contributed by atoms with E-state index in [2.05, 4.69) is 16.0 Å². The quantitative estimate of drug-likeness (QED) is 0.453. The number of hydrogen-bond acceptors (Lipinski definition) is 5. The third-order valence-corrected chi connectivity index (χ3v) is 5.65. The van der Waals surface area contributed by atoms with Crippen molar-refractivity contribution >= 4 is 23.1 Å². The van der Waals surface area contributed by atoms with Crippen LogP contribution in [0.15, 0.2) is 46.7 Å². The second kappa shape index (κ2) is 8.39. The molecule has 7 heteroatoms. The van der Waals surface area contributed by atoms with Crippen molar-refractivity contribution in [2.75, 3.05) is 6.61 Å². The van der Waals surface area contributed by atoms with Gasteiger partial charge < -0.3 is 13.9 Å². The Morgan fingerprint density at radius 3 is 2.64 bits per heavy atom.